The monoisotopic (exact) mass is 270 g/mol. The summed E-state index contributed by atoms with van der Waals surface area (Å²) in [7, 11) is 0. The molecule has 0 bridgehead atoms. The molecule has 0 aliphatic heterocycles. The first-order chi connectivity index (χ1) is 8.28. The summed E-state index contributed by atoms with van der Waals surface area (Å²) in [6.07, 6.45) is 0. The van der Waals surface area contributed by atoms with Crippen LogP contribution in [0.5, 0.6) is 0 Å². The molecule has 1 aromatic carbocycles. The molecule has 0 amide bonds. The van der Waals surface area contributed by atoms with Gasteiger partial charge in [0.15, 0.2) is 0 Å². The number of hydrogen-bond acceptors (Lipinski definition) is 5. The third kappa shape index (κ3) is 3.74. The van der Waals surface area contributed by atoms with Crippen molar-refractivity contribution in [3.8, 4) is 0 Å². The van der Waals surface area contributed by atoms with Gasteiger partial charge < -0.3 is 4.42 Å². The molecule has 0 aliphatic rings. The summed E-state index contributed by atoms with van der Waals surface area (Å²) >= 11 is 3.06. The molecule has 0 saturated carbocycles. The molecule has 0 atom stereocenters. The molecule has 90 valence electrons. The highest BCUT2D eigenvalue weighted by Gasteiger charge is 2.06. The van der Waals surface area contributed by atoms with Crippen molar-refractivity contribution in [3.05, 3.63) is 36.0 Å². The highest BCUT2D eigenvalue weighted by Crippen LogP contribution is 2.24. The van der Waals surface area contributed by atoms with E-state index in [9.17, 15) is 4.39 Å². The molecule has 1 aromatic heterocycles. The Morgan fingerprint density at radius 2 is 1.94 bits per heavy atom. The van der Waals surface area contributed by atoms with Crippen molar-refractivity contribution in [1.82, 2.24) is 10.2 Å². The van der Waals surface area contributed by atoms with E-state index < -0.39 is 0 Å². The van der Waals surface area contributed by atoms with Crippen molar-refractivity contribution in [1.29, 1.82) is 0 Å². The van der Waals surface area contributed by atoms with E-state index >= 15 is 0 Å². The van der Waals surface area contributed by atoms with Crippen LogP contribution in [0.15, 0.2) is 38.8 Å². The molecule has 0 unspecified atom stereocenters. The van der Waals surface area contributed by atoms with Gasteiger partial charge in [-0.1, -0.05) is 18.7 Å². The Bertz CT molecular complexity index is 473. The molecule has 0 spiro atoms. The molecule has 6 heteroatoms. The first-order valence-electron chi connectivity index (χ1n) is 5.11. The maximum absolute atomic E-state index is 12.7. The predicted molar refractivity (Wildman–Crippen MR) is 66.7 cm³/mol. The lowest BCUT2D eigenvalue weighted by atomic mass is 10.4. The van der Waals surface area contributed by atoms with Crippen molar-refractivity contribution in [2.75, 3.05) is 5.75 Å². The minimum atomic E-state index is -0.228. The topological polar surface area (TPSA) is 38.9 Å². The van der Waals surface area contributed by atoms with Crippen LogP contribution in [-0.4, -0.2) is 16.0 Å². The van der Waals surface area contributed by atoms with Gasteiger partial charge in [0.2, 0.25) is 5.89 Å². The average Bonchev–Trinajstić information content (AvgIpc) is 2.77. The van der Waals surface area contributed by atoms with Crippen LogP contribution in [0.1, 0.15) is 12.8 Å². The normalized spacial score (nSPS) is 10.7. The lowest BCUT2D eigenvalue weighted by molar-refractivity contribution is 0.426. The van der Waals surface area contributed by atoms with Crippen LogP contribution in [0.25, 0.3) is 0 Å². The highest BCUT2D eigenvalue weighted by atomic mass is 32.2. The van der Waals surface area contributed by atoms with Gasteiger partial charge in [0.1, 0.15) is 5.82 Å². The van der Waals surface area contributed by atoms with Crippen LogP contribution in [0, 0.1) is 5.82 Å². The summed E-state index contributed by atoms with van der Waals surface area (Å²) in [5, 5.41) is 8.44. The quantitative estimate of drug-likeness (QED) is 0.776. The number of hydrogen-bond donors (Lipinski definition) is 0. The van der Waals surface area contributed by atoms with Gasteiger partial charge in [-0.15, -0.1) is 22.0 Å². The van der Waals surface area contributed by atoms with Crippen LogP contribution in [0.4, 0.5) is 4.39 Å². The van der Waals surface area contributed by atoms with Gasteiger partial charge in [0, 0.05) is 4.90 Å². The largest absolute Gasteiger partial charge is 0.415 e. The standard InChI is InChI=1S/C11H11FN2OS2/c1-2-16-11-14-13-10(15-11)7-17-9-5-3-8(12)4-6-9/h3-6H,2,7H2,1H3. The number of benzene rings is 1. The minimum Gasteiger partial charge on any atom is -0.415 e. The van der Waals surface area contributed by atoms with E-state index in [-0.39, 0.29) is 5.82 Å². The maximum Gasteiger partial charge on any atom is 0.276 e. The van der Waals surface area contributed by atoms with Crippen molar-refractivity contribution >= 4 is 23.5 Å². The Kier molecular flexibility index (Phi) is 4.44. The van der Waals surface area contributed by atoms with Gasteiger partial charge in [-0.05, 0) is 30.0 Å². The summed E-state index contributed by atoms with van der Waals surface area (Å²) in [5.41, 5.74) is 0. The fourth-order valence-corrected chi connectivity index (χ4v) is 2.39. The fourth-order valence-electron chi connectivity index (χ4n) is 1.15. The van der Waals surface area contributed by atoms with Crippen LogP contribution in [-0.2, 0) is 5.75 Å². The molecule has 17 heavy (non-hydrogen) atoms. The number of thioether (sulfide) groups is 2. The Labute approximate surface area is 107 Å². The summed E-state index contributed by atoms with van der Waals surface area (Å²) in [6, 6.07) is 6.35. The predicted octanol–water partition coefficient (Wildman–Crippen LogP) is 3.61. The molecule has 1 heterocycles. The maximum atomic E-state index is 12.7. The lowest BCUT2D eigenvalue weighted by Crippen LogP contribution is -1.81. The average molecular weight is 270 g/mol. The van der Waals surface area contributed by atoms with E-state index in [1.165, 1.54) is 23.9 Å². The van der Waals surface area contributed by atoms with Gasteiger partial charge >= 0.3 is 0 Å². The molecule has 0 fully saturated rings. The van der Waals surface area contributed by atoms with E-state index in [2.05, 4.69) is 10.2 Å². The SMILES string of the molecule is CCSc1nnc(CSc2ccc(F)cc2)o1. The summed E-state index contributed by atoms with van der Waals surface area (Å²) in [6.45, 7) is 2.03. The van der Waals surface area contributed by atoms with Crippen LogP contribution in [0.2, 0.25) is 0 Å². The van der Waals surface area contributed by atoms with Gasteiger partial charge in [0.05, 0.1) is 5.75 Å². The second-order valence-corrected chi connectivity index (χ2v) is 5.40. The van der Waals surface area contributed by atoms with Crippen molar-refractivity contribution < 1.29 is 8.81 Å². The molecular formula is C11H11FN2OS2. The first kappa shape index (κ1) is 12.4. The smallest absolute Gasteiger partial charge is 0.276 e. The van der Waals surface area contributed by atoms with E-state index in [1.807, 2.05) is 6.92 Å². The third-order valence-corrected chi connectivity index (χ3v) is 3.59. The van der Waals surface area contributed by atoms with Crippen LogP contribution in [0.3, 0.4) is 0 Å². The van der Waals surface area contributed by atoms with Crippen molar-refractivity contribution in [3.63, 3.8) is 0 Å². The Morgan fingerprint density at radius 3 is 2.65 bits per heavy atom. The lowest BCUT2D eigenvalue weighted by Gasteiger charge is -1.97. The van der Waals surface area contributed by atoms with Crippen LogP contribution >= 0.6 is 23.5 Å². The Morgan fingerprint density at radius 1 is 1.18 bits per heavy atom. The van der Waals surface area contributed by atoms with Gasteiger partial charge in [-0.2, -0.15) is 0 Å². The second-order valence-electron chi connectivity index (χ2n) is 3.14. The summed E-state index contributed by atoms with van der Waals surface area (Å²) in [5.74, 6) is 1.87. The molecule has 2 rings (SSSR count). The molecule has 0 radical (unpaired) electrons. The fraction of sp³-hybridized carbons (Fsp3) is 0.273. The van der Waals surface area contributed by atoms with Crippen molar-refractivity contribution in [2.24, 2.45) is 0 Å². The van der Waals surface area contributed by atoms with Crippen LogP contribution < -0.4 is 0 Å². The summed E-state index contributed by atoms with van der Waals surface area (Å²) < 4.78 is 18.1. The molecule has 3 nitrogen and oxygen atoms in total. The molecule has 2 aromatic rings. The van der Waals surface area contributed by atoms with Gasteiger partial charge in [0.25, 0.3) is 5.22 Å². The third-order valence-electron chi connectivity index (χ3n) is 1.89. The number of nitrogens with zero attached hydrogens (tertiary/aromatic N) is 2. The number of aromatic nitrogens is 2. The zero-order valence-electron chi connectivity index (χ0n) is 9.22. The van der Waals surface area contributed by atoms with Gasteiger partial charge in [-0.3, -0.25) is 0 Å². The highest BCUT2D eigenvalue weighted by molar-refractivity contribution is 7.99. The first-order valence-corrected chi connectivity index (χ1v) is 7.08. The molecule has 0 aliphatic carbocycles. The van der Waals surface area contributed by atoms with Crippen molar-refractivity contribution in [2.45, 2.75) is 22.8 Å². The van der Waals surface area contributed by atoms with E-state index in [4.69, 9.17) is 4.42 Å². The van der Waals surface area contributed by atoms with Gasteiger partial charge in [-0.25, -0.2) is 4.39 Å². The van der Waals surface area contributed by atoms with E-state index in [1.54, 1.807) is 23.9 Å². The van der Waals surface area contributed by atoms with E-state index in [0.717, 1.165) is 10.6 Å². The minimum absolute atomic E-state index is 0.228. The molecule has 0 N–H and O–H groups in total. The Balaban J connectivity index is 1.90. The number of rotatable bonds is 5. The zero-order chi connectivity index (χ0) is 12.1. The zero-order valence-corrected chi connectivity index (χ0v) is 10.9. The molecule has 0 saturated heterocycles. The Hall–Kier alpha value is -1.01. The second kappa shape index (κ2) is 6.07. The molecular weight excluding hydrogens is 259 g/mol. The summed E-state index contributed by atoms with van der Waals surface area (Å²) in [4.78, 5) is 0.981. The number of halogens is 1. The van der Waals surface area contributed by atoms with E-state index in [0.29, 0.717) is 16.9 Å².